The zero-order chi connectivity index (χ0) is 12.5. The third kappa shape index (κ3) is 2.88. The van der Waals surface area contributed by atoms with E-state index in [1.807, 2.05) is 0 Å². The Hall–Kier alpha value is -0.770. The maximum atomic E-state index is 12.8. The van der Waals surface area contributed by atoms with Crippen LogP contribution in [0.4, 0.5) is 17.6 Å². The monoisotopic (exact) mass is 254 g/mol. The lowest BCUT2D eigenvalue weighted by Gasteiger charge is -2.25. The van der Waals surface area contributed by atoms with Crippen LogP contribution in [0.3, 0.4) is 0 Å². The molecular formula is C11H11ClF4. The molecule has 0 heterocycles. The van der Waals surface area contributed by atoms with Gasteiger partial charge in [0.1, 0.15) is 5.82 Å². The Morgan fingerprint density at radius 1 is 1.19 bits per heavy atom. The second kappa shape index (κ2) is 4.62. The van der Waals surface area contributed by atoms with Crippen LogP contribution in [0, 0.1) is 11.7 Å². The third-order valence-corrected chi connectivity index (χ3v) is 2.64. The van der Waals surface area contributed by atoms with Crippen molar-refractivity contribution in [3.63, 3.8) is 0 Å². The molecule has 1 aromatic carbocycles. The van der Waals surface area contributed by atoms with Crippen molar-refractivity contribution in [1.82, 2.24) is 0 Å². The molecule has 0 nitrogen and oxygen atoms in total. The molecule has 1 aromatic rings. The average Bonchev–Trinajstić information content (AvgIpc) is 2.06. The highest BCUT2D eigenvalue weighted by Gasteiger charge is 2.43. The molecule has 0 fully saturated rings. The van der Waals surface area contributed by atoms with Crippen molar-refractivity contribution in [2.45, 2.75) is 25.9 Å². The molecule has 0 aliphatic carbocycles. The lowest BCUT2D eigenvalue weighted by Crippen LogP contribution is -2.25. The van der Waals surface area contributed by atoms with Gasteiger partial charge in [-0.1, -0.05) is 31.5 Å². The SMILES string of the molecule is CC(C)[C@@H](c1ccc(F)cc1Cl)C(F)(F)F. The van der Waals surface area contributed by atoms with Crippen molar-refractivity contribution in [3.05, 3.63) is 34.6 Å². The maximum absolute atomic E-state index is 12.8. The number of hydrogen-bond acceptors (Lipinski definition) is 0. The Labute approximate surface area is 96.2 Å². The summed E-state index contributed by atoms with van der Waals surface area (Å²) in [5.74, 6) is -2.96. The van der Waals surface area contributed by atoms with E-state index in [2.05, 4.69) is 0 Å². The molecule has 0 aliphatic heterocycles. The number of benzene rings is 1. The van der Waals surface area contributed by atoms with E-state index in [4.69, 9.17) is 11.6 Å². The Morgan fingerprint density at radius 2 is 1.75 bits per heavy atom. The molecule has 0 bridgehead atoms. The van der Waals surface area contributed by atoms with Gasteiger partial charge in [-0.3, -0.25) is 0 Å². The summed E-state index contributed by atoms with van der Waals surface area (Å²) in [7, 11) is 0. The molecule has 0 spiro atoms. The van der Waals surface area contributed by atoms with Crippen LogP contribution in [-0.4, -0.2) is 6.18 Å². The fraction of sp³-hybridized carbons (Fsp3) is 0.455. The summed E-state index contributed by atoms with van der Waals surface area (Å²) in [6, 6.07) is 2.98. The number of alkyl halides is 3. The van der Waals surface area contributed by atoms with Crippen LogP contribution >= 0.6 is 11.6 Å². The van der Waals surface area contributed by atoms with Gasteiger partial charge in [0.05, 0.1) is 5.92 Å². The standard InChI is InChI=1S/C11H11ClF4/c1-6(2)10(11(14,15)16)8-4-3-7(13)5-9(8)12/h3-6,10H,1-2H3/t10-/m0/s1. The van der Waals surface area contributed by atoms with Crippen molar-refractivity contribution in [1.29, 1.82) is 0 Å². The summed E-state index contributed by atoms with van der Waals surface area (Å²) in [6.45, 7) is 2.91. The summed E-state index contributed by atoms with van der Waals surface area (Å²) in [4.78, 5) is 0. The fourth-order valence-electron chi connectivity index (χ4n) is 1.67. The van der Waals surface area contributed by atoms with Crippen molar-refractivity contribution < 1.29 is 17.6 Å². The summed E-state index contributed by atoms with van der Waals surface area (Å²) >= 11 is 5.63. The molecule has 0 radical (unpaired) electrons. The summed E-state index contributed by atoms with van der Waals surface area (Å²) in [5.41, 5.74) is -0.0782. The molecule has 0 amide bonds. The van der Waals surface area contributed by atoms with Crippen molar-refractivity contribution in [2.75, 3.05) is 0 Å². The second-order valence-corrected chi connectivity index (χ2v) is 4.34. The Kier molecular flexibility index (Phi) is 3.84. The maximum Gasteiger partial charge on any atom is 0.396 e. The minimum Gasteiger partial charge on any atom is -0.207 e. The quantitative estimate of drug-likeness (QED) is 0.666. The first-order valence-electron chi connectivity index (χ1n) is 4.75. The van der Waals surface area contributed by atoms with E-state index >= 15 is 0 Å². The van der Waals surface area contributed by atoms with Gasteiger partial charge < -0.3 is 0 Å². The summed E-state index contributed by atoms with van der Waals surface area (Å²) in [5, 5.41) is -0.184. The van der Waals surface area contributed by atoms with Crippen molar-refractivity contribution in [3.8, 4) is 0 Å². The van der Waals surface area contributed by atoms with E-state index in [1.165, 1.54) is 13.8 Å². The molecule has 16 heavy (non-hydrogen) atoms. The molecular weight excluding hydrogens is 244 g/mol. The number of hydrogen-bond donors (Lipinski definition) is 0. The molecule has 1 rings (SSSR count). The first-order chi connectivity index (χ1) is 7.23. The molecule has 0 aliphatic rings. The fourth-order valence-corrected chi connectivity index (χ4v) is 1.95. The largest absolute Gasteiger partial charge is 0.396 e. The highest BCUT2D eigenvalue weighted by Crippen LogP contribution is 2.42. The first kappa shape index (κ1) is 13.3. The Balaban J connectivity index is 3.22. The molecule has 0 saturated heterocycles. The summed E-state index contributed by atoms with van der Waals surface area (Å²) in [6.07, 6.45) is -4.38. The number of halogens is 5. The molecule has 0 saturated carbocycles. The molecule has 1 atom stereocenters. The van der Waals surface area contributed by atoms with Crippen LogP contribution in [0.5, 0.6) is 0 Å². The van der Waals surface area contributed by atoms with E-state index in [0.29, 0.717) is 0 Å². The van der Waals surface area contributed by atoms with Gasteiger partial charge in [0, 0.05) is 5.02 Å². The highest BCUT2D eigenvalue weighted by atomic mass is 35.5. The molecule has 90 valence electrons. The summed E-state index contributed by atoms with van der Waals surface area (Å²) < 4.78 is 51.1. The Morgan fingerprint density at radius 3 is 2.12 bits per heavy atom. The van der Waals surface area contributed by atoms with E-state index < -0.39 is 23.8 Å². The Bertz CT molecular complexity index is 371. The normalized spacial score (nSPS) is 14.2. The minimum atomic E-state index is -4.38. The minimum absolute atomic E-state index is 0.0782. The van der Waals surface area contributed by atoms with Crippen LogP contribution in [0.25, 0.3) is 0 Å². The third-order valence-electron chi connectivity index (χ3n) is 2.32. The van der Waals surface area contributed by atoms with E-state index in [-0.39, 0.29) is 10.6 Å². The van der Waals surface area contributed by atoms with Crippen LogP contribution in [0.1, 0.15) is 25.3 Å². The van der Waals surface area contributed by atoms with Gasteiger partial charge in [0.15, 0.2) is 0 Å². The van der Waals surface area contributed by atoms with Gasteiger partial charge in [-0.15, -0.1) is 0 Å². The van der Waals surface area contributed by atoms with Gasteiger partial charge in [-0.2, -0.15) is 13.2 Å². The second-order valence-electron chi connectivity index (χ2n) is 3.93. The topological polar surface area (TPSA) is 0 Å². The van der Waals surface area contributed by atoms with Crippen LogP contribution in [0.15, 0.2) is 18.2 Å². The van der Waals surface area contributed by atoms with Gasteiger partial charge in [-0.25, -0.2) is 4.39 Å². The lowest BCUT2D eigenvalue weighted by atomic mass is 9.88. The van der Waals surface area contributed by atoms with E-state index in [9.17, 15) is 17.6 Å². The zero-order valence-corrected chi connectivity index (χ0v) is 9.53. The zero-order valence-electron chi connectivity index (χ0n) is 8.78. The highest BCUT2D eigenvalue weighted by molar-refractivity contribution is 6.31. The average molecular weight is 255 g/mol. The van der Waals surface area contributed by atoms with Crippen LogP contribution < -0.4 is 0 Å². The van der Waals surface area contributed by atoms with Crippen LogP contribution in [0.2, 0.25) is 5.02 Å². The van der Waals surface area contributed by atoms with Gasteiger partial charge >= 0.3 is 6.18 Å². The van der Waals surface area contributed by atoms with Crippen molar-refractivity contribution >= 4 is 11.6 Å². The van der Waals surface area contributed by atoms with E-state index in [1.54, 1.807) is 0 Å². The predicted octanol–water partition coefficient (Wildman–Crippen LogP) is 4.78. The molecule has 0 N–H and O–H groups in total. The van der Waals surface area contributed by atoms with Gasteiger partial charge in [0.2, 0.25) is 0 Å². The number of rotatable bonds is 2. The van der Waals surface area contributed by atoms with Crippen LogP contribution in [-0.2, 0) is 0 Å². The lowest BCUT2D eigenvalue weighted by molar-refractivity contribution is -0.159. The smallest absolute Gasteiger partial charge is 0.207 e. The molecule has 5 heteroatoms. The molecule has 0 unspecified atom stereocenters. The molecule has 0 aromatic heterocycles. The van der Waals surface area contributed by atoms with Crippen molar-refractivity contribution in [2.24, 2.45) is 5.92 Å². The van der Waals surface area contributed by atoms with E-state index in [0.717, 1.165) is 18.2 Å². The van der Waals surface area contributed by atoms with Gasteiger partial charge in [-0.05, 0) is 23.6 Å². The predicted molar refractivity (Wildman–Crippen MR) is 55.0 cm³/mol. The first-order valence-corrected chi connectivity index (χ1v) is 5.13. The van der Waals surface area contributed by atoms with Gasteiger partial charge in [0.25, 0.3) is 0 Å².